The van der Waals surface area contributed by atoms with Crippen LogP contribution in [0.2, 0.25) is 0 Å². The van der Waals surface area contributed by atoms with E-state index >= 15 is 0 Å². The van der Waals surface area contributed by atoms with Crippen LogP contribution in [0, 0.1) is 0 Å². The Morgan fingerprint density at radius 1 is 1.38 bits per heavy atom. The quantitative estimate of drug-likeness (QED) is 0.604. The van der Waals surface area contributed by atoms with Crippen LogP contribution in [0.5, 0.6) is 5.75 Å². The smallest absolute Gasteiger partial charge is 0.141 e. The molecule has 0 bridgehead atoms. The highest BCUT2D eigenvalue weighted by Crippen LogP contribution is 2.27. The Bertz CT molecular complexity index is 312. The summed E-state index contributed by atoms with van der Waals surface area (Å²) in [5.74, 6) is 0.753. The Labute approximate surface area is 85.5 Å². The van der Waals surface area contributed by atoms with Gasteiger partial charge >= 0.3 is 0 Å². The van der Waals surface area contributed by atoms with E-state index in [1.165, 1.54) is 7.11 Å². The molecular formula is C9H10BrNO2. The summed E-state index contributed by atoms with van der Waals surface area (Å²) < 4.78 is 6.08. The van der Waals surface area contributed by atoms with Crippen molar-refractivity contribution in [1.29, 1.82) is 0 Å². The van der Waals surface area contributed by atoms with E-state index in [9.17, 15) is 0 Å². The van der Waals surface area contributed by atoms with E-state index in [1.807, 2.05) is 18.2 Å². The van der Waals surface area contributed by atoms with Crippen molar-refractivity contribution < 1.29 is 9.57 Å². The molecule has 13 heavy (non-hydrogen) atoms. The molecule has 1 aromatic rings. The van der Waals surface area contributed by atoms with E-state index < -0.39 is 0 Å². The molecule has 70 valence electrons. The minimum Gasteiger partial charge on any atom is -0.495 e. The highest BCUT2D eigenvalue weighted by molar-refractivity contribution is 9.10. The van der Waals surface area contributed by atoms with E-state index in [2.05, 4.69) is 25.9 Å². The minimum atomic E-state index is 0.753. The monoisotopic (exact) mass is 243 g/mol. The average molecular weight is 244 g/mol. The molecule has 0 aliphatic carbocycles. The lowest BCUT2D eigenvalue weighted by molar-refractivity contribution is 0.215. The highest BCUT2D eigenvalue weighted by Gasteiger charge is 2.03. The third-order valence-electron chi connectivity index (χ3n) is 1.50. The molecule has 4 heteroatoms. The van der Waals surface area contributed by atoms with Crippen molar-refractivity contribution in [2.45, 2.75) is 0 Å². The molecule has 0 fully saturated rings. The Morgan fingerprint density at radius 3 is 2.77 bits per heavy atom. The third-order valence-corrected chi connectivity index (χ3v) is 2.12. The molecule has 0 heterocycles. The molecule has 0 aliphatic heterocycles. The van der Waals surface area contributed by atoms with Gasteiger partial charge in [-0.3, -0.25) is 0 Å². The molecule has 3 nitrogen and oxygen atoms in total. The van der Waals surface area contributed by atoms with Gasteiger partial charge in [0, 0.05) is 5.56 Å². The van der Waals surface area contributed by atoms with E-state index in [1.54, 1.807) is 13.3 Å². The van der Waals surface area contributed by atoms with Gasteiger partial charge in [-0.25, -0.2) is 0 Å². The van der Waals surface area contributed by atoms with Gasteiger partial charge in [-0.15, -0.1) is 0 Å². The Balaban J connectivity index is 3.05. The van der Waals surface area contributed by atoms with Crippen LogP contribution in [-0.4, -0.2) is 20.4 Å². The molecule has 0 atom stereocenters. The summed E-state index contributed by atoms with van der Waals surface area (Å²) in [6, 6.07) is 5.71. The first-order valence-corrected chi connectivity index (χ1v) is 4.48. The molecule has 0 unspecified atom stereocenters. The molecule has 0 aliphatic rings. The van der Waals surface area contributed by atoms with Crippen LogP contribution in [0.1, 0.15) is 5.56 Å². The van der Waals surface area contributed by atoms with E-state index in [0.717, 1.165) is 15.8 Å². The molecule has 0 N–H and O–H groups in total. The number of hydrogen-bond acceptors (Lipinski definition) is 3. The van der Waals surface area contributed by atoms with Gasteiger partial charge in [0.05, 0.1) is 17.8 Å². The Kier molecular flexibility index (Phi) is 3.76. The lowest BCUT2D eigenvalue weighted by Gasteiger charge is -2.05. The van der Waals surface area contributed by atoms with Gasteiger partial charge in [0.2, 0.25) is 0 Å². The summed E-state index contributed by atoms with van der Waals surface area (Å²) in [6.07, 6.45) is 1.60. The van der Waals surface area contributed by atoms with Crippen molar-refractivity contribution in [2.24, 2.45) is 5.16 Å². The number of rotatable bonds is 3. The molecule has 0 aromatic heterocycles. The van der Waals surface area contributed by atoms with Crippen molar-refractivity contribution in [3.05, 3.63) is 28.2 Å². The first kappa shape index (κ1) is 10.1. The van der Waals surface area contributed by atoms with E-state index in [4.69, 9.17) is 4.74 Å². The number of benzene rings is 1. The number of nitrogens with zero attached hydrogens (tertiary/aromatic N) is 1. The second kappa shape index (κ2) is 4.87. The molecular weight excluding hydrogens is 234 g/mol. The second-order valence-corrected chi connectivity index (χ2v) is 3.13. The molecule has 1 aromatic carbocycles. The first-order chi connectivity index (χ1) is 6.29. The minimum absolute atomic E-state index is 0.753. The molecule has 0 saturated heterocycles. The highest BCUT2D eigenvalue weighted by atomic mass is 79.9. The number of hydrogen-bond donors (Lipinski definition) is 0. The predicted octanol–water partition coefficient (Wildman–Crippen LogP) is 2.44. The Morgan fingerprint density at radius 2 is 2.15 bits per heavy atom. The lowest BCUT2D eigenvalue weighted by Crippen LogP contribution is -1.91. The van der Waals surface area contributed by atoms with Gasteiger partial charge in [0.1, 0.15) is 12.9 Å². The summed E-state index contributed by atoms with van der Waals surface area (Å²) in [4.78, 5) is 4.58. The van der Waals surface area contributed by atoms with Crippen molar-refractivity contribution in [2.75, 3.05) is 14.2 Å². The van der Waals surface area contributed by atoms with Crippen LogP contribution in [0.3, 0.4) is 0 Å². The zero-order valence-corrected chi connectivity index (χ0v) is 9.04. The standard InChI is InChI=1S/C9H10BrNO2/c1-12-9-7(6-11-13-2)4-3-5-8(9)10/h3-6H,1-2H3/b11-6+. The van der Waals surface area contributed by atoms with Gasteiger partial charge in [0.15, 0.2) is 0 Å². The van der Waals surface area contributed by atoms with Crippen LogP contribution < -0.4 is 4.74 Å². The Hall–Kier alpha value is -1.03. The average Bonchev–Trinajstić information content (AvgIpc) is 2.15. The molecule has 0 amide bonds. The number of halogens is 1. The van der Waals surface area contributed by atoms with Gasteiger partial charge in [-0.05, 0) is 28.1 Å². The molecule has 1 rings (SSSR count). The van der Waals surface area contributed by atoms with Crippen molar-refractivity contribution in [3.8, 4) is 5.75 Å². The molecule has 0 saturated carbocycles. The van der Waals surface area contributed by atoms with E-state index in [-0.39, 0.29) is 0 Å². The van der Waals surface area contributed by atoms with Gasteiger partial charge in [0.25, 0.3) is 0 Å². The fourth-order valence-electron chi connectivity index (χ4n) is 0.952. The topological polar surface area (TPSA) is 30.8 Å². The zero-order chi connectivity index (χ0) is 9.68. The summed E-state index contributed by atoms with van der Waals surface area (Å²) >= 11 is 3.37. The fourth-order valence-corrected chi connectivity index (χ4v) is 1.50. The summed E-state index contributed by atoms with van der Waals surface area (Å²) in [5, 5.41) is 3.67. The first-order valence-electron chi connectivity index (χ1n) is 3.68. The second-order valence-electron chi connectivity index (χ2n) is 2.28. The van der Waals surface area contributed by atoms with Crippen molar-refractivity contribution in [3.63, 3.8) is 0 Å². The number of oxime groups is 1. The van der Waals surface area contributed by atoms with Crippen LogP contribution in [0.4, 0.5) is 0 Å². The maximum absolute atomic E-state index is 5.18. The van der Waals surface area contributed by atoms with Crippen LogP contribution in [0.15, 0.2) is 27.8 Å². The van der Waals surface area contributed by atoms with Crippen LogP contribution in [-0.2, 0) is 4.84 Å². The van der Waals surface area contributed by atoms with Crippen LogP contribution >= 0.6 is 15.9 Å². The predicted molar refractivity (Wildman–Crippen MR) is 55.3 cm³/mol. The SMILES string of the molecule is CO/N=C/c1cccc(Br)c1OC. The number of para-hydroxylation sites is 1. The van der Waals surface area contributed by atoms with E-state index in [0.29, 0.717) is 0 Å². The largest absolute Gasteiger partial charge is 0.495 e. The van der Waals surface area contributed by atoms with Crippen LogP contribution in [0.25, 0.3) is 0 Å². The number of ether oxygens (including phenoxy) is 1. The number of methoxy groups -OCH3 is 1. The van der Waals surface area contributed by atoms with Crippen molar-refractivity contribution in [1.82, 2.24) is 0 Å². The van der Waals surface area contributed by atoms with Gasteiger partial charge in [-0.1, -0.05) is 11.2 Å². The fraction of sp³-hybridized carbons (Fsp3) is 0.222. The maximum atomic E-state index is 5.18. The van der Waals surface area contributed by atoms with Gasteiger partial charge in [-0.2, -0.15) is 0 Å². The molecule has 0 spiro atoms. The summed E-state index contributed by atoms with van der Waals surface area (Å²) in [5.41, 5.74) is 0.874. The summed E-state index contributed by atoms with van der Waals surface area (Å²) in [7, 11) is 3.12. The summed E-state index contributed by atoms with van der Waals surface area (Å²) in [6.45, 7) is 0. The molecule has 0 radical (unpaired) electrons. The van der Waals surface area contributed by atoms with Crippen molar-refractivity contribution >= 4 is 22.1 Å². The third kappa shape index (κ3) is 2.45. The lowest BCUT2D eigenvalue weighted by atomic mass is 10.2. The maximum Gasteiger partial charge on any atom is 0.141 e. The zero-order valence-electron chi connectivity index (χ0n) is 7.45. The van der Waals surface area contributed by atoms with Gasteiger partial charge < -0.3 is 9.57 Å². The normalized spacial score (nSPS) is 10.4.